The van der Waals surface area contributed by atoms with Gasteiger partial charge >= 0.3 is 5.97 Å². The standard InChI is InChI=1S/C21H20N2O3S/c1-14-5-3-4-6-18(14)20-23-17(13-27-20)11-12-19(24)22-16-9-7-15(8-10-16)21(25)26-2/h3-10,13H,11-12H2,1-2H3,(H,22,24). The summed E-state index contributed by atoms with van der Waals surface area (Å²) in [5.74, 6) is -0.493. The van der Waals surface area contributed by atoms with Crippen LogP contribution in [-0.4, -0.2) is 24.0 Å². The second kappa shape index (κ2) is 8.60. The topological polar surface area (TPSA) is 68.3 Å². The molecular formula is C21H20N2O3S. The zero-order valence-corrected chi connectivity index (χ0v) is 16.0. The maximum absolute atomic E-state index is 12.2. The number of hydrogen-bond donors (Lipinski definition) is 1. The average molecular weight is 380 g/mol. The van der Waals surface area contributed by atoms with Gasteiger partial charge < -0.3 is 10.1 Å². The molecule has 2 aromatic carbocycles. The number of carbonyl (C=O) groups is 2. The zero-order chi connectivity index (χ0) is 19.2. The van der Waals surface area contributed by atoms with Crippen molar-refractivity contribution in [3.05, 3.63) is 70.7 Å². The molecule has 138 valence electrons. The van der Waals surface area contributed by atoms with Crippen molar-refractivity contribution >= 4 is 28.9 Å². The van der Waals surface area contributed by atoms with Crippen molar-refractivity contribution in [1.82, 2.24) is 4.98 Å². The summed E-state index contributed by atoms with van der Waals surface area (Å²) in [6.45, 7) is 2.06. The largest absolute Gasteiger partial charge is 0.465 e. The summed E-state index contributed by atoms with van der Waals surface area (Å²) < 4.78 is 4.65. The number of ether oxygens (including phenoxy) is 1. The third-order valence-electron chi connectivity index (χ3n) is 4.13. The van der Waals surface area contributed by atoms with Crippen LogP contribution in [0.25, 0.3) is 10.6 Å². The second-order valence-corrected chi connectivity index (χ2v) is 6.93. The molecule has 0 aliphatic rings. The van der Waals surface area contributed by atoms with Crippen molar-refractivity contribution in [3.63, 3.8) is 0 Å². The monoisotopic (exact) mass is 380 g/mol. The maximum atomic E-state index is 12.2. The molecule has 0 saturated carbocycles. The maximum Gasteiger partial charge on any atom is 0.337 e. The van der Waals surface area contributed by atoms with Crippen molar-refractivity contribution < 1.29 is 14.3 Å². The number of anilines is 1. The summed E-state index contributed by atoms with van der Waals surface area (Å²) in [4.78, 5) is 28.2. The third-order valence-corrected chi connectivity index (χ3v) is 5.05. The van der Waals surface area contributed by atoms with E-state index in [4.69, 9.17) is 0 Å². The fourth-order valence-corrected chi connectivity index (χ4v) is 3.58. The molecule has 0 spiro atoms. The van der Waals surface area contributed by atoms with Gasteiger partial charge in [-0.1, -0.05) is 24.3 Å². The number of benzene rings is 2. The molecule has 3 rings (SSSR count). The molecule has 0 bridgehead atoms. The van der Waals surface area contributed by atoms with Gasteiger partial charge in [-0.2, -0.15) is 0 Å². The normalized spacial score (nSPS) is 10.4. The molecule has 3 aromatic rings. The summed E-state index contributed by atoms with van der Waals surface area (Å²) in [6.07, 6.45) is 0.921. The minimum Gasteiger partial charge on any atom is -0.465 e. The van der Waals surface area contributed by atoms with Crippen LogP contribution in [-0.2, 0) is 16.0 Å². The van der Waals surface area contributed by atoms with Crippen molar-refractivity contribution in [2.45, 2.75) is 19.8 Å². The highest BCUT2D eigenvalue weighted by atomic mass is 32.1. The first kappa shape index (κ1) is 18.8. The van der Waals surface area contributed by atoms with Crippen LogP contribution in [0, 0.1) is 6.92 Å². The number of hydrogen-bond acceptors (Lipinski definition) is 5. The summed E-state index contributed by atoms with van der Waals surface area (Å²) in [5, 5.41) is 5.80. The quantitative estimate of drug-likeness (QED) is 0.641. The number of esters is 1. The molecule has 0 radical (unpaired) electrons. The molecule has 0 aliphatic heterocycles. The van der Waals surface area contributed by atoms with Crippen molar-refractivity contribution in [1.29, 1.82) is 0 Å². The van der Waals surface area contributed by atoms with Crippen LogP contribution in [0.2, 0.25) is 0 Å². The molecule has 1 N–H and O–H groups in total. The Labute approximate surface area is 162 Å². The van der Waals surface area contributed by atoms with E-state index in [1.165, 1.54) is 12.7 Å². The molecule has 1 heterocycles. The Morgan fingerprint density at radius 2 is 1.85 bits per heavy atom. The minimum atomic E-state index is -0.402. The van der Waals surface area contributed by atoms with Gasteiger partial charge in [0.05, 0.1) is 18.4 Å². The molecule has 0 saturated heterocycles. The number of nitrogens with one attached hydrogen (secondary N) is 1. The van der Waals surface area contributed by atoms with Crippen LogP contribution < -0.4 is 5.32 Å². The third kappa shape index (κ3) is 4.80. The lowest BCUT2D eigenvalue weighted by molar-refractivity contribution is -0.116. The minimum absolute atomic E-state index is 0.0914. The number of carbonyl (C=O) groups excluding carboxylic acids is 2. The van der Waals surface area contributed by atoms with Gasteiger partial charge in [0.1, 0.15) is 5.01 Å². The van der Waals surface area contributed by atoms with Gasteiger partial charge in [0.2, 0.25) is 5.91 Å². The van der Waals surface area contributed by atoms with Gasteiger partial charge in [-0.3, -0.25) is 4.79 Å². The molecule has 0 fully saturated rings. The van der Waals surface area contributed by atoms with Gasteiger partial charge in [0.15, 0.2) is 0 Å². The molecule has 5 nitrogen and oxygen atoms in total. The Balaban J connectivity index is 1.55. The number of amides is 1. The van der Waals surface area contributed by atoms with Crippen LogP contribution in [0.15, 0.2) is 53.9 Å². The van der Waals surface area contributed by atoms with E-state index in [0.29, 0.717) is 24.1 Å². The van der Waals surface area contributed by atoms with E-state index in [1.807, 2.05) is 17.5 Å². The molecule has 6 heteroatoms. The molecule has 1 aromatic heterocycles. The van der Waals surface area contributed by atoms with Crippen LogP contribution in [0.4, 0.5) is 5.69 Å². The van der Waals surface area contributed by atoms with E-state index < -0.39 is 5.97 Å². The van der Waals surface area contributed by atoms with Gasteiger partial charge in [-0.15, -0.1) is 11.3 Å². The van der Waals surface area contributed by atoms with E-state index in [0.717, 1.165) is 16.3 Å². The Morgan fingerprint density at radius 3 is 2.56 bits per heavy atom. The first-order valence-electron chi connectivity index (χ1n) is 8.55. The predicted octanol–water partition coefficient (Wildman–Crippen LogP) is 4.48. The predicted molar refractivity (Wildman–Crippen MR) is 107 cm³/mol. The molecule has 0 unspecified atom stereocenters. The highest BCUT2D eigenvalue weighted by Gasteiger charge is 2.10. The van der Waals surface area contributed by atoms with E-state index >= 15 is 0 Å². The number of methoxy groups -OCH3 is 1. The van der Waals surface area contributed by atoms with E-state index in [9.17, 15) is 9.59 Å². The van der Waals surface area contributed by atoms with Gasteiger partial charge in [-0.05, 0) is 43.2 Å². The second-order valence-electron chi connectivity index (χ2n) is 6.08. The highest BCUT2D eigenvalue weighted by molar-refractivity contribution is 7.13. The molecule has 0 aliphatic carbocycles. The van der Waals surface area contributed by atoms with Crippen LogP contribution in [0.3, 0.4) is 0 Å². The number of aromatic nitrogens is 1. The number of nitrogens with zero attached hydrogens (tertiary/aromatic N) is 1. The summed E-state index contributed by atoms with van der Waals surface area (Å²) >= 11 is 1.59. The Bertz CT molecular complexity index is 948. The molecule has 27 heavy (non-hydrogen) atoms. The molecular weight excluding hydrogens is 360 g/mol. The Morgan fingerprint density at radius 1 is 1.11 bits per heavy atom. The van der Waals surface area contributed by atoms with Crippen LogP contribution in [0.1, 0.15) is 28.0 Å². The fourth-order valence-electron chi connectivity index (χ4n) is 2.63. The smallest absolute Gasteiger partial charge is 0.337 e. The van der Waals surface area contributed by atoms with E-state index in [2.05, 4.69) is 34.1 Å². The highest BCUT2D eigenvalue weighted by Crippen LogP contribution is 2.27. The summed E-state index contributed by atoms with van der Waals surface area (Å²) in [6, 6.07) is 14.7. The fraction of sp³-hybridized carbons (Fsp3) is 0.190. The number of rotatable bonds is 6. The Kier molecular flexibility index (Phi) is 5.98. The molecule has 0 atom stereocenters. The number of aryl methyl sites for hydroxylation is 2. The van der Waals surface area contributed by atoms with Crippen molar-refractivity contribution in [3.8, 4) is 10.6 Å². The van der Waals surface area contributed by atoms with Crippen molar-refractivity contribution in [2.75, 3.05) is 12.4 Å². The summed E-state index contributed by atoms with van der Waals surface area (Å²) in [5.41, 5.74) is 4.32. The summed E-state index contributed by atoms with van der Waals surface area (Å²) in [7, 11) is 1.33. The van der Waals surface area contributed by atoms with Gasteiger partial charge in [0.25, 0.3) is 0 Å². The molecule has 1 amide bonds. The van der Waals surface area contributed by atoms with Crippen molar-refractivity contribution in [2.24, 2.45) is 0 Å². The lowest BCUT2D eigenvalue weighted by Crippen LogP contribution is -2.12. The van der Waals surface area contributed by atoms with E-state index in [-0.39, 0.29) is 5.91 Å². The van der Waals surface area contributed by atoms with Gasteiger partial charge in [0, 0.05) is 23.1 Å². The van der Waals surface area contributed by atoms with Crippen LogP contribution >= 0.6 is 11.3 Å². The van der Waals surface area contributed by atoms with Gasteiger partial charge in [-0.25, -0.2) is 9.78 Å². The first-order valence-corrected chi connectivity index (χ1v) is 9.43. The van der Waals surface area contributed by atoms with Crippen LogP contribution in [0.5, 0.6) is 0 Å². The lowest BCUT2D eigenvalue weighted by Gasteiger charge is -2.05. The van der Waals surface area contributed by atoms with E-state index in [1.54, 1.807) is 35.6 Å². The first-order chi connectivity index (χ1) is 13.1. The SMILES string of the molecule is COC(=O)c1ccc(NC(=O)CCc2csc(-c3ccccc3C)n2)cc1. The Hall–Kier alpha value is -2.99. The number of thiazole rings is 1. The average Bonchev–Trinajstić information content (AvgIpc) is 3.15. The lowest BCUT2D eigenvalue weighted by atomic mass is 10.1. The zero-order valence-electron chi connectivity index (χ0n) is 15.2.